The summed E-state index contributed by atoms with van der Waals surface area (Å²) in [6.07, 6.45) is 5.62. The van der Waals surface area contributed by atoms with Gasteiger partial charge in [0, 0.05) is 18.3 Å². The zero-order chi connectivity index (χ0) is 18.7. The summed E-state index contributed by atoms with van der Waals surface area (Å²) < 4.78 is 28.8. The average Bonchev–Trinajstić information content (AvgIpc) is 3.23. The maximum Gasteiger partial charge on any atom is 0.341 e. The zero-order valence-electron chi connectivity index (χ0n) is 14.3. The molecule has 1 aliphatic carbocycles. The fraction of sp³-hybridized carbons (Fsp3) is 0.588. The van der Waals surface area contributed by atoms with Crippen molar-refractivity contribution in [3.8, 4) is 0 Å². The highest BCUT2D eigenvalue weighted by atomic mass is 35.5. The van der Waals surface area contributed by atoms with Gasteiger partial charge in [0.25, 0.3) is 5.91 Å². The van der Waals surface area contributed by atoms with Crippen LogP contribution in [-0.4, -0.2) is 60.4 Å². The molecule has 0 radical (unpaired) electrons. The smallest absolute Gasteiger partial charge is 0.341 e. The predicted octanol–water partition coefficient (Wildman–Crippen LogP) is 1.85. The van der Waals surface area contributed by atoms with Crippen LogP contribution in [0, 0.1) is 0 Å². The fourth-order valence-electron chi connectivity index (χ4n) is 3.70. The number of aromatic nitrogens is 1. The van der Waals surface area contributed by atoms with E-state index >= 15 is 0 Å². The van der Waals surface area contributed by atoms with Crippen LogP contribution in [0.4, 0.5) is 0 Å². The lowest BCUT2D eigenvalue weighted by molar-refractivity contribution is -0.139. The Kier molecular flexibility index (Phi) is 5.82. The first-order valence-electron chi connectivity index (χ1n) is 8.66. The Balaban J connectivity index is 1.68. The van der Waals surface area contributed by atoms with Gasteiger partial charge < -0.3 is 9.64 Å². The second-order valence-electron chi connectivity index (χ2n) is 6.71. The van der Waals surface area contributed by atoms with Gasteiger partial charge in [0.05, 0.1) is 17.1 Å². The van der Waals surface area contributed by atoms with E-state index in [1.54, 1.807) is 11.0 Å². The maximum absolute atomic E-state index is 12.8. The summed E-state index contributed by atoms with van der Waals surface area (Å²) in [7, 11) is -3.11. The molecule has 9 heteroatoms. The van der Waals surface area contributed by atoms with Gasteiger partial charge in [0.15, 0.2) is 16.4 Å². The summed E-state index contributed by atoms with van der Waals surface area (Å²) in [6.45, 7) is -0.433. The maximum atomic E-state index is 12.8. The number of carbonyl (C=O) groups is 2. The number of nitrogens with zero attached hydrogens (tertiary/aromatic N) is 2. The van der Waals surface area contributed by atoms with Crippen molar-refractivity contribution in [1.29, 1.82) is 0 Å². The van der Waals surface area contributed by atoms with Gasteiger partial charge in [-0.2, -0.15) is 0 Å². The van der Waals surface area contributed by atoms with Crippen LogP contribution < -0.4 is 0 Å². The van der Waals surface area contributed by atoms with Gasteiger partial charge in [0.2, 0.25) is 0 Å². The SMILES string of the molecule is O=C(OCC(=O)N(C1CCCC1)C1CCS(=O)(=O)C1)c1cccnc1Cl. The Bertz CT molecular complexity index is 792. The molecular formula is C17H21ClN2O5S. The monoisotopic (exact) mass is 400 g/mol. The molecule has 1 saturated carbocycles. The minimum absolute atomic E-state index is 0.0134. The topological polar surface area (TPSA) is 93.6 Å². The van der Waals surface area contributed by atoms with Crippen molar-refractivity contribution < 1.29 is 22.7 Å². The molecule has 26 heavy (non-hydrogen) atoms. The number of pyridine rings is 1. The van der Waals surface area contributed by atoms with Crippen molar-refractivity contribution >= 4 is 33.3 Å². The Morgan fingerprint density at radius 2 is 1.96 bits per heavy atom. The number of carbonyl (C=O) groups excluding carboxylic acids is 2. The number of sulfone groups is 1. The summed E-state index contributed by atoms with van der Waals surface area (Å²) in [5, 5.41) is 0.0134. The van der Waals surface area contributed by atoms with Gasteiger partial charge in [-0.1, -0.05) is 24.4 Å². The molecule has 1 saturated heterocycles. The van der Waals surface area contributed by atoms with E-state index in [0.29, 0.717) is 6.42 Å². The number of rotatable bonds is 5. The van der Waals surface area contributed by atoms with E-state index in [0.717, 1.165) is 25.7 Å². The summed E-state index contributed by atoms with van der Waals surface area (Å²) in [6, 6.07) is 2.71. The average molecular weight is 401 g/mol. The van der Waals surface area contributed by atoms with Crippen LogP contribution in [0.5, 0.6) is 0 Å². The second kappa shape index (κ2) is 7.92. The number of ether oxygens (including phenoxy) is 1. The molecule has 1 aromatic rings. The third-order valence-electron chi connectivity index (χ3n) is 4.91. The van der Waals surface area contributed by atoms with E-state index in [-0.39, 0.29) is 40.2 Å². The molecule has 0 bridgehead atoms. The number of hydrogen-bond acceptors (Lipinski definition) is 6. The Hall–Kier alpha value is -1.67. The molecule has 1 aromatic heterocycles. The van der Waals surface area contributed by atoms with Crippen molar-refractivity contribution in [1.82, 2.24) is 9.88 Å². The van der Waals surface area contributed by atoms with Crippen LogP contribution in [0.2, 0.25) is 5.15 Å². The minimum Gasteiger partial charge on any atom is -0.452 e. The second-order valence-corrected chi connectivity index (χ2v) is 9.30. The molecule has 0 N–H and O–H groups in total. The van der Waals surface area contributed by atoms with Gasteiger partial charge in [0.1, 0.15) is 5.15 Å². The van der Waals surface area contributed by atoms with E-state index in [9.17, 15) is 18.0 Å². The molecular weight excluding hydrogens is 380 g/mol. The van der Waals surface area contributed by atoms with E-state index < -0.39 is 22.4 Å². The Labute approximate surface area is 157 Å². The molecule has 1 atom stereocenters. The van der Waals surface area contributed by atoms with Crippen molar-refractivity contribution in [2.45, 2.75) is 44.2 Å². The van der Waals surface area contributed by atoms with Crippen molar-refractivity contribution in [3.05, 3.63) is 29.0 Å². The minimum atomic E-state index is -3.11. The fourth-order valence-corrected chi connectivity index (χ4v) is 5.61. The van der Waals surface area contributed by atoms with Crippen LogP contribution in [-0.2, 0) is 19.4 Å². The van der Waals surface area contributed by atoms with E-state index in [2.05, 4.69) is 4.98 Å². The zero-order valence-corrected chi connectivity index (χ0v) is 15.8. The van der Waals surface area contributed by atoms with Gasteiger partial charge in [-0.3, -0.25) is 4.79 Å². The van der Waals surface area contributed by atoms with Crippen LogP contribution in [0.25, 0.3) is 0 Å². The van der Waals surface area contributed by atoms with Crippen LogP contribution in [0.15, 0.2) is 18.3 Å². The van der Waals surface area contributed by atoms with E-state index in [1.807, 2.05) is 0 Å². The van der Waals surface area contributed by atoms with Crippen molar-refractivity contribution in [2.75, 3.05) is 18.1 Å². The quantitative estimate of drug-likeness (QED) is 0.553. The van der Waals surface area contributed by atoms with Gasteiger partial charge in [-0.05, 0) is 31.4 Å². The molecule has 1 unspecified atom stereocenters. The molecule has 2 heterocycles. The first-order valence-corrected chi connectivity index (χ1v) is 10.9. The number of hydrogen-bond donors (Lipinski definition) is 0. The number of halogens is 1. The largest absolute Gasteiger partial charge is 0.452 e. The highest BCUT2D eigenvalue weighted by Gasteiger charge is 2.39. The van der Waals surface area contributed by atoms with Crippen molar-refractivity contribution in [2.24, 2.45) is 0 Å². The summed E-state index contributed by atoms with van der Waals surface area (Å²) in [4.78, 5) is 30.3. The first kappa shape index (κ1) is 19.1. The number of amides is 1. The third kappa shape index (κ3) is 4.35. The van der Waals surface area contributed by atoms with Crippen LogP contribution in [0.1, 0.15) is 42.5 Å². The van der Waals surface area contributed by atoms with Gasteiger partial charge >= 0.3 is 5.97 Å². The predicted molar refractivity (Wildman–Crippen MR) is 95.7 cm³/mol. The van der Waals surface area contributed by atoms with E-state index in [1.165, 1.54) is 12.3 Å². The van der Waals surface area contributed by atoms with Gasteiger partial charge in [-0.25, -0.2) is 18.2 Å². The highest BCUT2D eigenvalue weighted by Crippen LogP contribution is 2.29. The lowest BCUT2D eigenvalue weighted by atomic mass is 10.1. The molecule has 2 aliphatic rings. The molecule has 1 aliphatic heterocycles. The van der Waals surface area contributed by atoms with Crippen LogP contribution in [0.3, 0.4) is 0 Å². The molecule has 7 nitrogen and oxygen atoms in total. The van der Waals surface area contributed by atoms with Crippen molar-refractivity contribution in [3.63, 3.8) is 0 Å². The normalized spacial score (nSPS) is 22.3. The first-order chi connectivity index (χ1) is 12.4. The summed E-state index contributed by atoms with van der Waals surface area (Å²) in [5.41, 5.74) is 0.0952. The lowest BCUT2D eigenvalue weighted by Crippen LogP contribution is -2.48. The third-order valence-corrected chi connectivity index (χ3v) is 6.97. The van der Waals surface area contributed by atoms with E-state index in [4.69, 9.17) is 16.3 Å². The highest BCUT2D eigenvalue weighted by molar-refractivity contribution is 7.91. The van der Waals surface area contributed by atoms with Crippen LogP contribution >= 0.6 is 11.6 Å². The Morgan fingerprint density at radius 3 is 2.58 bits per heavy atom. The lowest BCUT2D eigenvalue weighted by Gasteiger charge is -2.33. The molecule has 2 fully saturated rings. The standard InChI is InChI=1S/C17H21ClN2O5S/c18-16-14(6-3-8-19-16)17(22)25-10-15(21)20(12-4-1-2-5-12)13-7-9-26(23,24)11-13/h3,6,8,12-13H,1-2,4-5,7,9-11H2. The Morgan fingerprint density at radius 1 is 1.23 bits per heavy atom. The molecule has 3 rings (SSSR count). The molecule has 1 amide bonds. The molecule has 0 spiro atoms. The summed E-state index contributed by atoms with van der Waals surface area (Å²) >= 11 is 5.86. The van der Waals surface area contributed by atoms with Gasteiger partial charge in [-0.15, -0.1) is 0 Å². The molecule has 0 aromatic carbocycles. The number of esters is 1. The molecule has 142 valence electrons. The summed E-state index contributed by atoms with van der Waals surface area (Å²) in [5.74, 6) is -0.995.